The van der Waals surface area contributed by atoms with Crippen LogP contribution in [0.1, 0.15) is 28.7 Å². The molecule has 0 atom stereocenters. The van der Waals surface area contributed by atoms with Gasteiger partial charge in [-0.1, -0.05) is 12.1 Å². The van der Waals surface area contributed by atoms with Crippen LogP contribution in [-0.2, 0) is 11.3 Å². The molecule has 5 nitrogen and oxygen atoms in total. The molecular formula is C9H11F3N2O3. The average molecular weight is 252 g/mol. The quantitative estimate of drug-likeness (QED) is 0.829. The Labute approximate surface area is 94.9 Å². The highest BCUT2D eigenvalue weighted by molar-refractivity contribution is 5.95. The van der Waals surface area contributed by atoms with Crippen molar-refractivity contribution >= 4 is 5.91 Å². The third-order valence-corrected chi connectivity index (χ3v) is 1.90. The summed E-state index contributed by atoms with van der Waals surface area (Å²) in [5.41, 5.74) is 2.18. The zero-order valence-electron chi connectivity index (χ0n) is 9.22. The molecule has 0 fully saturated rings. The maximum absolute atomic E-state index is 11.8. The topological polar surface area (TPSA) is 64.4 Å². The number of carbonyl (C=O) groups excluding carboxylic acids is 1. The van der Waals surface area contributed by atoms with Gasteiger partial charge in [-0.05, 0) is 13.3 Å². The van der Waals surface area contributed by atoms with Gasteiger partial charge in [-0.25, -0.2) is 5.48 Å². The van der Waals surface area contributed by atoms with E-state index in [0.29, 0.717) is 12.1 Å². The lowest BCUT2D eigenvalue weighted by atomic mass is 10.1. The summed E-state index contributed by atoms with van der Waals surface area (Å²) in [5.74, 6) is -0.570. The fourth-order valence-corrected chi connectivity index (χ4v) is 1.18. The van der Waals surface area contributed by atoms with E-state index in [9.17, 15) is 18.0 Å². The molecule has 17 heavy (non-hydrogen) atoms. The SMILES string of the molecule is CCc1noc(C)c1C(=O)NOCC(F)(F)F. The number of alkyl halides is 3. The average Bonchev–Trinajstić information content (AvgIpc) is 2.57. The van der Waals surface area contributed by atoms with Crippen LogP contribution in [0, 0.1) is 6.92 Å². The molecule has 1 heterocycles. The molecule has 8 heteroatoms. The van der Waals surface area contributed by atoms with Crippen molar-refractivity contribution in [3.63, 3.8) is 0 Å². The van der Waals surface area contributed by atoms with Gasteiger partial charge in [0.15, 0.2) is 6.61 Å². The summed E-state index contributed by atoms with van der Waals surface area (Å²) < 4.78 is 40.1. The highest BCUT2D eigenvalue weighted by Crippen LogP contribution is 2.15. The van der Waals surface area contributed by atoms with E-state index in [1.165, 1.54) is 6.92 Å². The Hall–Kier alpha value is -1.57. The molecule has 0 radical (unpaired) electrons. The summed E-state index contributed by atoms with van der Waals surface area (Å²) in [5, 5.41) is 3.60. The van der Waals surface area contributed by atoms with E-state index in [1.807, 2.05) is 0 Å². The lowest BCUT2D eigenvalue weighted by Gasteiger charge is -2.08. The van der Waals surface area contributed by atoms with Crippen molar-refractivity contribution < 1.29 is 27.3 Å². The van der Waals surface area contributed by atoms with Gasteiger partial charge in [0.05, 0.1) is 5.69 Å². The number of carbonyl (C=O) groups is 1. The van der Waals surface area contributed by atoms with Crippen molar-refractivity contribution in [2.45, 2.75) is 26.4 Å². The minimum Gasteiger partial charge on any atom is -0.361 e. The van der Waals surface area contributed by atoms with Gasteiger partial charge in [0.2, 0.25) is 0 Å². The van der Waals surface area contributed by atoms with Crippen LogP contribution in [0.15, 0.2) is 4.52 Å². The first-order valence-electron chi connectivity index (χ1n) is 4.79. The van der Waals surface area contributed by atoms with E-state index < -0.39 is 18.7 Å². The second-order valence-corrected chi connectivity index (χ2v) is 3.25. The lowest BCUT2D eigenvalue weighted by Crippen LogP contribution is -2.30. The predicted molar refractivity (Wildman–Crippen MR) is 50.1 cm³/mol. The summed E-state index contributed by atoms with van der Waals surface area (Å²) in [6.45, 7) is 1.68. The third kappa shape index (κ3) is 3.74. The smallest absolute Gasteiger partial charge is 0.361 e. The second-order valence-electron chi connectivity index (χ2n) is 3.25. The molecule has 0 aromatic carbocycles. The molecule has 0 unspecified atom stereocenters. The minimum atomic E-state index is -4.50. The molecule has 1 amide bonds. The Morgan fingerprint density at radius 3 is 2.71 bits per heavy atom. The van der Waals surface area contributed by atoms with Gasteiger partial charge < -0.3 is 4.52 Å². The zero-order chi connectivity index (χ0) is 13.1. The second kappa shape index (κ2) is 5.17. The van der Waals surface area contributed by atoms with Gasteiger partial charge in [0.1, 0.15) is 11.3 Å². The van der Waals surface area contributed by atoms with Crippen LogP contribution >= 0.6 is 0 Å². The molecule has 1 aromatic heterocycles. The monoisotopic (exact) mass is 252 g/mol. The van der Waals surface area contributed by atoms with Crippen LogP contribution < -0.4 is 5.48 Å². The summed E-state index contributed by atoms with van der Waals surface area (Å²) in [7, 11) is 0. The molecule has 1 rings (SSSR count). The molecule has 0 spiro atoms. The molecule has 0 aliphatic carbocycles. The molecule has 0 aliphatic heterocycles. The largest absolute Gasteiger partial charge is 0.414 e. The van der Waals surface area contributed by atoms with Gasteiger partial charge in [-0.15, -0.1) is 0 Å². The van der Waals surface area contributed by atoms with Gasteiger partial charge in [-0.3, -0.25) is 9.63 Å². The Morgan fingerprint density at radius 1 is 1.53 bits per heavy atom. The molecular weight excluding hydrogens is 241 g/mol. The maximum atomic E-state index is 11.8. The molecule has 0 bridgehead atoms. The predicted octanol–water partition coefficient (Wildman–Crippen LogP) is 1.77. The first-order chi connectivity index (χ1) is 7.85. The van der Waals surface area contributed by atoms with Crippen LogP contribution in [0.5, 0.6) is 0 Å². The van der Waals surface area contributed by atoms with E-state index in [0.717, 1.165) is 0 Å². The number of aryl methyl sites for hydroxylation is 2. The number of hydrogen-bond acceptors (Lipinski definition) is 4. The van der Waals surface area contributed by atoms with Crippen molar-refractivity contribution in [3.05, 3.63) is 17.0 Å². The van der Waals surface area contributed by atoms with Crippen LogP contribution in [0.4, 0.5) is 13.2 Å². The fourth-order valence-electron chi connectivity index (χ4n) is 1.18. The van der Waals surface area contributed by atoms with E-state index in [4.69, 9.17) is 4.52 Å². The number of halogens is 3. The van der Waals surface area contributed by atoms with Crippen LogP contribution in [0.2, 0.25) is 0 Å². The maximum Gasteiger partial charge on any atom is 0.414 e. The molecule has 0 aliphatic rings. The van der Waals surface area contributed by atoms with Gasteiger partial charge in [0, 0.05) is 0 Å². The number of hydrogen-bond donors (Lipinski definition) is 1. The number of nitrogens with zero attached hydrogens (tertiary/aromatic N) is 1. The number of amides is 1. The summed E-state index contributed by atoms with van der Waals surface area (Å²) >= 11 is 0. The number of aromatic nitrogens is 1. The summed E-state index contributed by atoms with van der Waals surface area (Å²) in [6, 6.07) is 0. The standard InChI is InChI=1S/C9H11F3N2O3/c1-3-6-7(5(2)17-13-6)8(15)14-16-4-9(10,11)12/h3-4H2,1-2H3,(H,14,15). The number of rotatable bonds is 4. The van der Waals surface area contributed by atoms with Crippen LogP contribution in [0.25, 0.3) is 0 Å². The van der Waals surface area contributed by atoms with Crippen molar-refractivity contribution in [3.8, 4) is 0 Å². The zero-order valence-corrected chi connectivity index (χ0v) is 9.22. The van der Waals surface area contributed by atoms with Crippen molar-refractivity contribution in [1.29, 1.82) is 0 Å². The van der Waals surface area contributed by atoms with Gasteiger partial charge in [-0.2, -0.15) is 13.2 Å². The van der Waals surface area contributed by atoms with Gasteiger partial charge in [0.25, 0.3) is 5.91 Å². The number of nitrogens with one attached hydrogen (secondary N) is 1. The van der Waals surface area contributed by atoms with E-state index in [1.54, 1.807) is 12.4 Å². The summed E-state index contributed by atoms with van der Waals surface area (Å²) in [4.78, 5) is 15.5. The van der Waals surface area contributed by atoms with Crippen LogP contribution in [-0.4, -0.2) is 23.8 Å². The van der Waals surface area contributed by atoms with Crippen molar-refractivity contribution in [1.82, 2.24) is 10.6 Å². The molecule has 1 aromatic rings. The normalized spacial score (nSPS) is 11.6. The summed E-state index contributed by atoms with van der Waals surface area (Å²) in [6.07, 6.45) is -4.07. The third-order valence-electron chi connectivity index (χ3n) is 1.90. The molecule has 0 saturated heterocycles. The molecule has 1 N–H and O–H groups in total. The van der Waals surface area contributed by atoms with E-state index >= 15 is 0 Å². The van der Waals surface area contributed by atoms with Crippen molar-refractivity contribution in [2.24, 2.45) is 0 Å². The molecule has 96 valence electrons. The fraction of sp³-hybridized carbons (Fsp3) is 0.556. The highest BCUT2D eigenvalue weighted by Gasteiger charge is 2.29. The first kappa shape index (κ1) is 13.5. The Bertz CT molecular complexity index is 401. The van der Waals surface area contributed by atoms with Gasteiger partial charge >= 0.3 is 6.18 Å². The lowest BCUT2D eigenvalue weighted by molar-refractivity contribution is -0.184. The van der Waals surface area contributed by atoms with Crippen LogP contribution in [0.3, 0.4) is 0 Å². The highest BCUT2D eigenvalue weighted by atomic mass is 19.4. The van der Waals surface area contributed by atoms with Crippen molar-refractivity contribution in [2.75, 3.05) is 6.61 Å². The Kier molecular flexibility index (Phi) is 4.11. The first-order valence-corrected chi connectivity index (χ1v) is 4.79. The molecule has 0 saturated carbocycles. The van der Waals surface area contributed by atoms with E-state index in [2.05, 4.69) is 9.99 Å². The number of hydroxylamine groups is 1. The minimum absolute atomic E-state index is 0.106. The Balaban J connectivity index is 2.61. The Morgan fingerprint density at radius 2 is 2.18 bits per heavy atom. The van der Waals surface area contributed by atoms with E-state index in [-0.39, 0.29) is 11.3 Å².